The number of nitrogens with zero attached hydrogens (tertiary/aromatic N) is 5. The van der Waals surface area contributed by atoms with Gasteiger partial charge < -0.3 is 15.1 Å². The zero-order chi connectivity index (χ0) is 19.6. The summed E-state index contributed by atoms with van der Waals surface area (Å²) in [5.74, 6) is 0.907. The zero-order valence-corrected chi connectivity index (χ0v) is 17.4. The number of guanidine groups is 1. The van der Waals surface area contributed by atoms with E-state index in [2.05, 4.69) is 59.8 Å². The first kappa shape index (κ1) is 19.7. The van der Waals surface area contributed by atoms with E-state index in [9.17, 15) is 4.79 Å². The number of aliphatic imine (C=N–C) groups is 1. The number of hydrogen-bond acceptors (Lipinski definition) is 3. The maximum atomic E-state index is 12.7. The van der Waals surface area contributed by atoms with Crippen LogP contribution in [0.3, 0.4) is 0 Å². The lowest BCUT2D eigenvalue weighted by atomic mass is 9.96. The molecular formula is C20H34N6O. The first-order chi connectivity index (χ1) is 12.8. The highest BCUT2D eigenvalue weighted by Crippen LogP contribution is 2.28. The van der Waals surface area contributed by atoms with Gasteiger partial charge >= 0.3 is 0 Å². The van der Waals surface area contributed by atoms with Gasteiger partial charge in [-0.1, -0.05) is 12.8 Å². The quantitative estimate of drug-likeness (QED) is 0.649. The SMILES string of the molecule is CN=C(NCc1ccn(C2CCCC2)n1)N1CC(=O)N(C(C)C)C(C)(C)C1. The highest BCUT2D eigenvalue weighted by atomic mass is 16.2. The van der Waals surface area contributed by atoms with Gasteiger partial charge in [-0.05, 0) is 46.6 Å². The van der Waals surface area contributed by atoms with Crippen LogP contribution in [0.2, 0.25) is 0 Å². The number of aromatic nitrogens is 2. The summed E-state index contributed by atoms with van der Waals surface area (Å²) in [7, 11) is 1.77. The average molecular weight is 375 g/mol. The summed E-state index contributed by atoms with van der Waals surface area (Å²) < 4.78 is 2.11. The minimum atomic E-state index is -0.231. The van der Waals surface area contributed by atoms with Crippen LogP contribution < -0.4 is 5.32 Å². The normalized spacial score (nSPS) is 21.4. The maximum absolute atomic E-state index is 12.7. The number of nitrogens with one attached hydrogen (secondary N) is 1. The molecule has 7 nitrogen and oxygen atoms in total. The van der Waals surface area contributed by atoms with Gasteiger partial charge in [-0.3, -0.25) is 14.5 Å². The fraction of sp³-hybridized carbons (Fsp3) is 0.750. The minimum Gasteiger partial charge on any atom is -0.351 e. The Balaban J connectivity index is 1.62. The third-order valence-corrected chi connectivity index (χ3v) is 5.64. The van der Waals surface area contributed by atoms with E-state index in [0.29, 0.717) is 19.1 Å². The fourth-order valence-electron chi connectivity index (χ4n) is 4.66. The molecule has 1 saturated heterocycles. The molecule has 1 saturated carbocycles. The van der Waals surface area contributed by atoms with Gasteiger partial charge in [-0.15, -0.1) is 0 Å². The Hall–Kier alpha value is -2.05. The molecule has 0 bridgehead atoms. The Bertz CT molecular complexity index is 686. The van der Waals surface area contributed by atoms with Crippen LogP contribution in [0.25, 0.3) is 0 Å². The number of piperazine rings is 1. The van der Waals surface area contributed by atoms with Crippen molar-refractivity contribution in [3.63, 3.8) is 0 Å². The number of hydrogen-bond donors (Lipinski definition) is 1. The Kier molecular flexibility index (Phi) is 5.77. The van der Waals surface area contributed by atoms with E-state index in [4.69, 9.17) is 5.10 Å². The third-order valence-electron chi connectivity index (χ3n) is 5.64. The average Bonchev–Trinajstić information content (AvgIpc) is 3.24. The Labute approximate surface area is 162 Å². The second kappa shape index (κ2) is 7.90. The van der Waals surface area contributed by atoms with Gasteiger partial charge in [0.25, 0.3) is 0 Å². The van der Waals surface area contributed by atoms with Crippen LogP contribution in [0.15, 0.2) is 17.3 Å². The van der Waals surface area contributed by atoms with E-state index in [1.165, 1.54) is 25.7 Å². The number of amides is 1. The fourth-order valence-corrected chi connectivity index (χ4v) is 4.66. The van der Waals surface area contributed by atoms with Crippen molar-refractivity contribution in [2.75, 3.05) is 20.1 Å². The molecule has 1 aromatic rings. The van der Waals surface area contributed by atoms with E-state index in [-0.39, 0.29) is 17.5 Å². The molecule has 0 radical (unpaired) electrons. The van der Waals surface area contributed by atoms with Gasteiger partial charge in [0.05, 0.1) is 30.4 Å². The molecule has 1 amide bonds. The molecule has 0 unspecified atom stereocenters. The van der Waals surface area contributed by atoms with Crippen LogP contribution >= 0.6 is 0 Å². The molecule has 2 heterocycles. The first-order valence-electron chi connectivity index (χ1n) is 10.1. The van der Waals surface area contributed by atoms with Crippen LogP contribution in [0, 0.1) is 0 Å². The van der Waals surface area contributed by atoms with Gasteiger partial charge in [-0.2, -0.15) is 5.10 Å². The molecule has 150 valence electrons. The molecule has 0 atom stereocenters. The van der Waals surface area contributed by atoms with Crippen molar-refractivity contribution in [2.45, 2.75) is 77.5 Å². The van der Waals surface area contributed by atoms with Crippen LogP contribution in [0.5, 0.6) is 0 Å². The number of rotatable bonds is 4. The summed E-state index contributed by atoms with van der Waals surface area (Å²) >= 11 is 0. The summed E-state index contributed by atoms with van der Waals surface area (Å²) in [5, 5.41) is 8.12. The van der Waals surface area contributed by atoms with Crippen LogP contribution in [-0.2, 0) is 11.3 Å². The molecule has 0 aromatic carbocycles. The van der Waals surface area contributed by atoms with Gasteiger partial charge in [0.15, 0.2) is 5.96 Å². The lowest BCUT2D eigenvalue weighted by Crippen LogP contribution is -2.66. The predicted octanol–water partition coefficient (Wildman–Crippen LogP) is 2.40. The second-order valence-corrected chi connectivity index (χ2v) is 8.65. The van der Waals surface area contributed by atoms with Crippen LogP contribution in [0.1, 0.15) is 65.1 Å². The lowest BCUT2D eigenvalue weighted by Gasteiger charge is -2.49. The zero-order valence-electron chi connectivity index (χ0n) is 17.4. The van der Waals surface area contributed by atoms with Crippen LogP contribution in [-0.4, -0.2) is 63.2 Å². The minimum absolute atomic E-state index is 0.148. The van der Waals surface area contributed by atoms with E-state index in [1.807, 2.05) is 4.90 Å². The molecule has 2 fully saturated rings. The van der Waals surface area contributed by atoms with Crippen molar-refractivity contribution in [1.82, 2.24) is 24.9 Å². The standard InChI is InChI=1S/C20H34N6O/c1-15(2)26-18(27)13-24(14-20(26,3)4)19(21-5)22-12-16-10-11-25(23-16)17-8-6-7-9-17/h10-11,15,17H,6-9,12-14H2,1-5H3,(H,21,22). The van der Waals surface area contributed by atoms with Crippen molar-refractivity contribution < 1.29 is 4.79 Å². The van der Waals surface area contributed by atoms with Crippen molar-refractivity contribution in [3.8, 4) is 0 Å². The molecule has 27 heavy (non-hydrogen) atoms. The monoisotopic (exact) mass is 374 g/mol. The second-order valence-electron chi connectivity index (χ2n) is 8.65. The summed E-state index contributed by atoms with van der Waals surface area (Å²) in [6.45, 7) is 10.1. The first-order valence-corrected chi connectivity index (χ1v) is 10.1. The maximum Gasteiger partial charge on any atom is 0.242 e. The molecule has 1 aliphatic heterocycles. The molecule has 1 N–H and O–H groups in total. The van der Waals surface area contributed by atoms with Gasteiger partial charge in [0, 0.05) is 25.8 Å². The smallest absolute Gasteiger partial charge is 0.242 e. The Morgan fingerprint density at radius 3 is 2.67 bits per heavy atom. The summed E-state index contributed by atoms with van der Waals surface area (Å²) in [4.78, 5) is 21.1. The van der Waals surface area contributed by atoms with Crippen LogP contribution in [0.4, 0.5) is 0 Å². The summed E-state index contributed by atoms with van der Waals surface area (Å²) in [6.07, 6.45) is 7.15. The van der Waals surface area contributed by atoms with E-state index < -0.39 is 0 Å². The van der Waals surface area contributed by atoms with Crippen molar-refractivity contribution >= 4 is 11.9 Å². The highest BCUT2D eigenvalue weighted by Gasteiger charge is 2.40. The number of carbonyl (C=O) groups excluding carboxylic acids is 1. The molecular weight excluding hydrogens is 340 g/mol. The number of carbonyl (C=O) groups is 1. The van der Waals surface area contributed by atoms with E-state index in [0.717, 1.165) is 18.2 Å². The lowest BCUT2D eigenvalue weighted by molar-refractivity contribution is -0.145. The molecule has 7 heteroatoms. The largest absolute Gasteiger partial charge is 0.351 e. The van der Waals surface area contributed by atoms with Gasteiger partial charge in [-0.25, -0.2) is 0 Å². The van der Waals surface area contributed by atoms with Crippen molar-refractivity contribution in [2.24, 2.45) is 4.99 Å². The topological polar surface area (TPSA) is 65.8 Å². The molecule has 0 spiro atoms. The molecule has 2 aliphatic rings. The Morgan fingerprint density at radius 1 is 1.37 bits per heavy atom. The third kappa shape index (κ3) is 4.28. The van der Waals surface area contributed by atoms with Gasteiger partial charge in [0.2, 0.25) is 5.91 Å². The predicted molar refractivity (Wildman–Crippen MR) is 108 cm³/mol. The highest BCUT2D eigenvalue weighted by molar-refractivity contribution is 5.88. The van der Waals surface area contributed by atoms with E-state index >= 15 is 0 Å². The molecule has 1 aliphatic carbocycles. The van der Waals surface area contributed by atoms with E-state index in [1.54, 1.807) is 7.05 Å². The molecule has 1 aromatic heterocycles. The molecule has 3 rings (SSSR count). The summed E-state index contributed by atoms with van der Waals surface area (Å²) in [6, 6.07) is 2.83. The van der Waals surface area contributed by atoms with Crippen molar-refractivity contribution in [1.29, 1.82) is 0 Å². The van der Waals surface area contributed by atoms with Gasteiger partial charge in [0.1, 0.15) is 0 Å². The Morgan fingerprint density at radius 2 is 2.07 bits per heavy atom. The summed E-state index contributed by atoms with van der Waals surface area (Å²) in [5.41, 5.74) is 0.778. The van der Waals surface area contributed by atoms with Crippen molar-refractivity contribution in [3.05, 3.63) is 18.0 Å².